The Balaban J connectivity index is 0.00000119. The molecule has 22 heteroatoms. The molecular formula is C40H59BrF6N2O10Si2Y. The van der Waals surface area contributed by atoms with Crippen molar-refractivity contribution in [3.8, 4) is 0 Å². The molecule has 0 heterocycles. The molecule has 4 amide bonds. The van der Waals surface area contributed by atoms with Gasteiger partial charge in [0.05, 0.1) is 17.4 Å². The van der Waals surface area contributed by atoms with Crippen LogP contribution in [-0.2, 0) is 104 Å². The van der Waals surface area contributed by atoms with Crippen molar-refractivity contribution in [2.24, 2.45) is 5.41 Å². The first kappa shape index (κ1) is 60.1. The van der Waals surface area contributed by atoms with Gasteiger partial charge in [-0.2, -0.15) is 26.3 Å². The summed E-state index contributed by atoms with van der Waals surface area (Å²) in [4.78, 5) is 49.6. The van der Waals surface area contributed by atoms with E-state index in [0.717, 1.165) is 17.5 Å². The number of rotatable bonds is 21. The van der Waals surface area contributed by atoms with Crippen LogP contribution in [0.4, 0.5) is 26.3 Å². The number of carbonyl (C=O) groups is 4. The molecule has 0 aromatic heterocycles. The predicted octanol–water partition coefficient (Wildman–Crippen LogP) is 8.44. The maximum atomic E-state index is 13.2. The molecule has 0 aliphatic carbocycles. The largest absolute Gasteiger partial charge is 0.500 e. The summed E-state index contributed by atoms with van der Waals surface area (Å²) in [5.41, 5.74) is 1.54. The second-order valence-electron chi connectivity index (χ2n) is 15.1. The molecule has 349 valence electrons. The number of carbonyl (C=O) groups excluding carboxylic acids is 4. The van der Waals surface area contributed by atoms with Crippen LogP contribution in [-0.4, -0.2) is 110 Å². The van der Waals surface area contributed by atoms with Crippen molar-refractivity contribution in [1.29, 1.82) is 0 Å². The average molecular weight is 1070 g/mol. The molecule has 12 nitrogen and oxygen atoms in total. The Morgan fingerprint density at radius 1 is 0.548 bits per heavy atom. The average Bonchev–Trinajstić information content (AvgIpc) is 3.21. The fraction of sp³-hybridized carbons (Fsp3) is 0.600. The van der Waals surface area contributed by atoms with Crippen molar-refractivity contribution in [3.05, 3.63) is 70.8 Å². The first-order valence-electron chi connectivity index (χ1n) is 19.2. The van der Waals surface area contributed by atoms with Gasteiger partial charge < -0.3 is 26.6 Å². The second kappa shape index (κ2) is 26.3. The third-order valence-corrected chi connectivity index (χ3v) is 15.5. The monoisotopic (exact) mass is 1070 g/mol. The molecule has 0 atom stereocenters. The van der Waals surface area contributed by atoms with Crippen LogP contribution in [0.1, 0.15) is 76.1 Å². The van der Waals surface area contributed by atoms with Gasteiger partial charge >= 0.3 is 41.8 Å². The Labute approximate surface area is 396 Å². The van der Waals surface area contributed by atoms with Crippen LogP contribution in [0.15, 0.2) is 48.5 Å². The Morgan fingerprint density at radius 3 is 1.10 bits per heavy atom. The number of halogens is 7. The van der Waals surface area contributed by atoms with Gasteiger partial charge in [-0.3, -0.25) is 29.0 Å². The third-order valence-electron chi connectivity index (χ3n) is 9.74. The molecule has 0 spiro atoms. The molecule has 2 aromatic carbocycles. The summed E-state index contributed by atoms with van der Waals surface area (Å²) in [5, 5.41) is 0. The number of benzene rings is 2. The van der Waals surface area contributed by atoms with E-state index in [1.54, 1.807) is 62.4 Å². The normalized spacial score (nSPS) is 12.5. The Kier molecular flexibility index (Phi) is 25.5. The summed E-state index contributed by atoms with van der Waals surface area (Å²) in [6, 6.07) is 14.4. The quantitative estimate of drug-likeness (QED) is 0.0683. The van der Waals surface area contributed by atoms with Crippen LogP contribution >= 0.6 is 15.9 Å². The van der Waals surface area contributed by atoms with Crippen LogP contribution < -0.4 is 0 Å². The van der Waals surface area contributed by atoms with Gasteiger partial charge in [0.2, 0.25) is 11.8 Å². The van der Waals surface area contributed by atoms with Crippen molar-refractivity contribution in [1.82, 2.24) is 9.80 Å². The first-order chi connectivity index (χ1) is 28.1. The fourth-order valence-corrected chi connectivity index (χ4v) is 9.51. The molecule has 0 aliphatic rings. The number of aryl methyl sites for hydroxylation is 2. The Bertz CT molecular complexity index is 1670. The molecule has 0 N–H and O–H groups in total. The summed E-state index contributed by atoms with van der Waals surface area (Å²) in [5.74, 6) is -6.14. The summed E-state index contributed by atoms with van der Waals surface area (Å²) >= 11 is 3.02. The van der Waals surface area contributed by atoms with Crippen LogP contribution in [0.2, 0.25) is 12.1 Å². The number of unbranched alkanes of at least 4 members (excludes halogenated alkanes) is 1. The Morgan fingerprint density at radius 2 is 0.839 bits per heavy atom. The molecule has 0 saturated heterocycles. The number of hydrogen-bond acceptors (Lipinski definition) is 10. The molecule has 62 heavy (non-hydrogen) atoms. The second-order valence-corrected chi connectivity index (χ2v) is 23.2. The van der Waals surface area contributed by atoms with E-state index < -0.39 is 76.4 Å². The third kappa shape index (κ3) is 18.5. The van der Waals surface area contributed by atoms with Gasteiger partial charge in [-0.15, -0.1) is 0 Å². The zero-order valence-corrected chi connectivity index (χ0v) is 43.6. The molecule has 2 rings (SSSR count). The first-order valence-corrected chi connectivity index (χ1v) is 23.8. The summed E-state index contributed by atoms with van der Waals surface area (Å²) < 4.78 is 109. The van der Waals surface area contributed by atoms with Crippen molar-refractivity contribution >= 4 is 57.2 Å². The van der Waals surface area contributed by atoms with Crippen molar-refractivity contribution < 1.29 is 105 Å². The van der Waals surface area contributed by atoms with E-state index in [2.05, 4.69) is 15.9 Å². The number of imide groups is 2. The van der Waals surface area contributed by atoms with Gasteiger partial charge in [-0.1, -0.05) is 98.1 Å². The van der Waals surface area contributed by atoms with E-state index in [1.165, 1.54) is 56.5 Å². The van der Waals surface area contributed by atoms with E-state index in [4.69, 9.17) is 26.6 Å². The van der Waals surface area contributed by atoms with Crippen LogP contribution in [0, 0.1) is 5.41 Å². The molecule has 0 bridgehead atoms. The Hall–Kier alpha value is -1.92. The SMILES string of the molecule is CCCCC(C)(C)C(=O)N(Cc1ccc(CC[Si](OC)(OC)OC)cc1)C(=O)C(F)(F)F.CO[Si](CCc1ccc(CN(C(=O)C(F)(F)F)C(=O)C(C)(C)Br)cc1)(OC)OC.[Y]. The number of amides is 4. The van der Waals surface area contributed by atoms with Crippen molar-refractivity contribution in [2.45, 2.75) is 109 Å². The van der Waals surface area contributed by atoms with Crippen LogP contribution in [0.3, 0.4) is 0 Å². The molecular weight excluding hydrogens is 1010 g/mol. The van der Waals surface area contributed by atoms with E-state index >= 15 is 0 Å². The molecule has 0 aliphatic heterocycles. The molecule has 0 unspecified atom stereocenters. The van der Waals surface area contributed by atoms with Crippen LogP contribution in [0.25, 0.3) is 0 Å². The van der Waals surface area contributed by atoms with Gasteiger partial charge in [0, 0.05) is 92.9 Å². The van der Waals surface area contributed by atoms with E-state index in [9.17, 15) is 45.5 Å². The van der Waals surface area contributed by atoms with Gasteiger partial charge in [-0.05, 0) is 55.4 Å². The molecule has 1 radical (unpaired) electrons. The maximum Gasteiger partial charge on any atom is 0.500 e. The van der Waals surface area contributed by atoms with E-state index in [1.807, 2.05) is 6.92 Å². The smallest absolute Gasteiger partial charge is 0.377 e. The van der Waals surface area contributed by atoms with Gasteiger partial charge in [0.25, 0.3) is 0 Å². The standard InChI is InChI=1S/C22H34F3NO5Si.C18H25BrF3NO5Si.Y/c1-7-8-14-21(2,3)19(27)26(20(28)22(23,24)25)16-18-11-9-17(10-12-18)13-15-32(29-4,30-5)31-6;1-17(2,19)15(24)23(16(25)18(20,21)22)12-14-8-6-13(7-9-14)10-11-29(26-3,27-4)28-5;/h9-12H,7-8,13-16H2,1-6H3;6-9H,10-12H2,1-5H3;. The van der Waals surface area contributed by atoms with Crippen molar-refractivity contribution in [3.63, 3.8) is 0 Å². The predicted molar refractivity (Wildman–Crippen MR) is 223 cm³/mol. The molecule has 0 saturated carbocycles. The summed E-state index contributed by atoms with van der Waals surface area (Å²) in [6.07, 6.45) is -7.27. The zero-order valence-electron chi connectivity index (χ0n) is 37.2. The maximum absolute atomic E-state index is 13.2. The minimum atomic E-state index is -5.15. The van der Waals surface area contributed by atoms with Gasteiger partial charge in [-0.25, -0.2) is 0 Å². The van der Waals surface area contributed by atoms with E-state index in [0.29, 0.717) is 53.8 Å². The molecule has 0 fully saturated rings. The minimum Gasteiger partial charge on any atom is -0.377 e. The topological polar surface area (TPSA) is 130 Å². The minimum absolute atomic E-state index is 0. The number of nitrogens with zero attached hydrogens (tertiary/aromatic N) is 2. The molecule has 2 aromatic rings. The van der Waals surface area contributed by atoms with Gasteiger partial charge in [0.1, 0.15) is 0 Å². The van der Waals surface area contributed by atoms with Crippen LogP contribution in [0.5, 0.6) is 0 Å². The fourth-order valence-electron chi connectivity index (χ4n) is 5.88. The number of hydrogen-bond donors (Lipinski definition) is 0. The van der Waals surface area contributed by atoms with Gasteiger partial charge in [0.15, 0.2) is 0 Å². The number of alkyl halides is 7. The summed E-state index contributed by atoms with van der Waals surface area (Å²) in [7, 11) is 3.61. The van der Waals surface area contributed by atoms with Crippen molar-refractivity contribution in [2.75, 3.05) is 42.7 Å². The van der Waals surface area contributed by atoms with E-state index in [-0.39, 0.29) is 37.6 Å². The zero-order chi connectivity index (χ0) is 47.0. The summed E-state index contributed by atoms with van der Waals surface area (Å²) in [6.45, 7) is 6.91.